The number of nitrogen functional groups attached to an aromatic ring is 1. The van der Waals surface area contributed by atoms with E-state index >= 15 is 0 Å². The fourth-order valence-corrected chi connectivity index (χ4v) is 1.77. The second-order valence-electron chi connectivity index (χ2n) is 4.78. The number of nitrogens with two attached hydrogens (primary N) is 2. The number of benzene rings is 1. The summed E-state index contributed by atoms with van der Waals surface area (Å²) in [5, 5.41) is 37.6. The first-order valence-electron chi connectivity index (χ1n) is 6.14. The van der Waals surface area contributed by atoms with Gasteiger partial charge in [0.25, 0.3) is 0 Å². The molecule has 0 heterocycles. The van der Waals surface area contributed by atoms with Crippen LogP contribution in [0.5, 0.6) is 5.75 Å². The van der Waals surface area contributed by atoms with Gasteiger partial charge >= 0.3 is 5.97 Å². The Kier molecular flexibility index (Phi) is 5.25. The molecule has 1 aromatic carbocycles. The molecule has 116 valence electrons. The van der Waals surface area contributed by atoms with Gasteiger partial charge in [-0.2, -0.15) is 0 Å². The fraction of sp³-hybridized carbons (Fsp3) is 0.385. The van der Waals surface area contributed by atoms with Crippen molar-refractivity contribution in [2.45, 2.75) is 25.2 Å². The average Bonchev–Trinajstić information content (AvgIpc) is 2.43. The SMILES string of the molecule is CC(C(=O)O)C(O)C(N)C(O)C(=O)c1ccc(O)cc1N. The van der Waals surface area contributed by atoms with Gasteiger partial charge in [0, 0.05) is 17.3 Å². The minimum Gasteiger partial charge on any atom is -0.508 e. The molecule has 8 nitrogen and oxygen atoms in total. The van der Waals surface area contributed by atoms with Crippen LogP contribution < -0.4 is 11.5 Å². The summed E-state index contributed by atoms with van der Waals surface area (Å²) in [5.41, 5.74) is 11.0. The molecule has 8 N–H and O–H groups in total. The van der Waals surface area contributed by atoms with E-state index in [1.54, 1.807) is 0 Å². The Morgan fingerprint density at radius 2 is 1.81 bits per heavy atom. The molecule has 0 fully saturated rings. The predicted molar refractivity (Wildman–Crippen MR) is 73.6 cm³/mol. The van der Waals surface area contributed by atoms with Gasteiger partial charge in [0.2, 0.25) is 0 Å². The number of anilines is 1. The lowest BCUT2D eigenvalue weighted by Crippen LogP contribution is -2.52. The summed E-state index contributed by atoms with van der Waals surface area (Å²) >= 11 is 0. The minimum atomic E-state index is -1.83. The Bertz CT molecular complexity index is 547. The number of ketones is 1. The van der Waals surface area contributed by atoms with Crippen LogP contribution in [-0.4, -0.2) is 50.4 Å². The highest BCUT2D eigenvalue weighted by Crippen LogP contribution is 2.21. The van der Waals surface area contributed by atoms with Crippen molar-refractivity contribution in [1.82, 2.24) is 0 Å². The van der Waals surface area contributed by atoms with Crippen LogP contribution in [0.15, 0.2) is 18.2 Å². The van der Waals surface area contributed by atoms with Gasteiger partial charge in [-0.15, -0.1) is 0 Å². The van der Waals surface area contributed by atoms with E-state index in [2.05, 4.69) is 0 Å². The van der Waals surface area contributed by atoms with E-state index < -0.39 is 35.9 Å². The van der Waals surface area contributed by atoms with E-state index in [1.807, 2.05) is 0 Å². The summed E-state index contributed by atoms with van der Waals surface area (Å²) in [6.45, 7) is 1.21. The molecule has 0 aliphatic heterocycles. The third-order valence-corrected chi connectivity index (χ3v) is 3.23. The van der Waals surface area contributed by atoms with Crippen LogP contribution in [0, 0.1) is 5.92 Å². The summed E-state index contributed by atoms with van der Waals surface area (Å²) < 4.78 is 0. The molecule has 4 unspecified atom stereocenters. The van der Waals surface area contributed by atoms with Crippen molar-refractivity contribution >= 4 is 17.4 Å². The fourth-order valence-electron chi connectivity index (χ4n) is 1.77. The van der Waals surface area contributed by atoms with Crippen LogP contribution in [0.3, 0.4) is 0 Å². The first-order chi connectivity index (χ1) is 9.66. The van der Waals surface area contributed by atoms with E-state index in [-0.39, 0.29) is 17.0 Å². The third kappa shape index (κ3) is 3.69. The van der Waals surface area contributed by atoms with E-state index in [1.165, 1.54) is 19.1 Å². The van der Waals surface area contributed by atoms with Gasteiger partial charge < -0.3 is 31.9 Å². The lowest BCUT2D eigenvalue weighted by molar-refractivity contribution is -0.145. The van der Waals surface area contributed by atoms with Gasteiger partial charge in [-0.1, -0.05) is 0 Å². The number of aliphatic hydroxyl groups is 2. The first-order valence-corrected chi connectivity index (χ1v) is 6.14. The number of phenolic OH excluding ortho intramolecular Hbond substituents is 1. The maximum atomic E-state index is 12.1. The normalized spacial score (nSPS) is 16.8. The van der Waals surface area contributed by atoms with Crippen LogP contribution in [-0.2, 0) is 4.79 Å². The second-order valence-corrected chi connectivity index (χ2v) is 4.78. The summed E-state index contributed by atoms with van der Waals surface area (Å²) in [6, 6.07) is 2.05. The molecule has 1 rings (SSSR count). The van der Waals surface area contributed by atoms with Crippen molar-refractivity contribution < 1.29 is 30.0 Å². The van der Waals surface area contributed by atoms with Crippen molar-refractivity contribution in [3.05, 3.63) is 23.8 Å². The highest BCUT2D eigenvalue weighted by atomic mass is 16.4. The Morgan fingerprint density at radius 1 is 1.24 bits per heavy atom. The minimum absolute atomic E-state index is 0.0629. The Balaban J connectivity index is 2.94. The third-order valence-electron chi connectivity index (χ3n) is 3.23. The number of aromatic hydroxyl groups is 1. The molecule has 0 radical (unpaired) electrons. The molecule has 0 bridgehead atoms. The van der Waals surface area contributed by atoms with Crippen LogP contribution in [0.1, 0.15) is 17.3 Å². The second kappa shape index (κ2) is 6.53. The summed E-state index contributed by atoms with van der Waals surface area (Å²) in [7, 11) is 0. The summed E-state index contributed by atoms with van der Waals surface area (Å²) in [4.78, 5) is 22.8. The van der Waals surface area contributed by atoms with Gasteiger partial charge in [-0.25, -0.2) is 0 Å². The number of hydrogen-bond acceptors (Lipinski definition) is 7. The van der Waals surface area contributed by atoms with Crippen molar-refractivity contribution in [3.63, 3.8) is 0 Å². The quantitative estimate of drug-likeness (QED) is 0.285. The maximum Gasteiger partial charge on any atom is 0.308 e. The maximum absolute atomic E-state index is 12.1. The number of Topliss-reactive ketones (excluding diaryl/α,β-unsaturated/α-hetero) is 1. The smallest absolute Gasteiger partial charge is 0.308 e. The van der Waals surface area contributed by atoms with E-state index in [0.717, 1.165) is 6.07 Å². The van der Waals surface area contributed by atoms with Gasteiger partial charge in [0.15, 0.2) is 5.78 Å². The number of aliphatic hydroxyl groups excluding tert-OH is 2. The van der Waals surface area contributed by atoms with E-state index in [9.17, 15) is 24.9 Å². The molecule has 0 amide bonds. The predicted octanol–water partition coefficient (Wildman–Crippen LogP) is -1.07. The highest BCUT2D eigenvalue weighted by Gasteiger charge is 2.35. The molecule has 1 aromatic rings. The van der Waals surface area contributed by atoms with Crippen molar-refractivity contribution in [2.75, 3.05) is 5.73 Å². The first kappa shape index (κ1) is 16.9. The molecular weight excluding hydrogens is 280 g/mol. The zero-order valence-electron chi connectivity index (χ0n) is 11.3. The Labute approximate surface area is 120 Å². The van der Waals surface area contributed by atoms with Gasteiger partial charge in [-0.3, -0.25) is 9.59 Å². The molecule has 0 aliphatic rings. The van der Waals surface area contributed by atoms with E-state index in [0.29, 0.717) is 0 Å². The number of phenols is 1. The molecule has 0 saturated carbocycles. The van der Waals surface area contributed by atoms with Gasteiger partial charge in [-0.05, 0) is 19.1 Å². The number of rotatable bonds is 6. The van der Waals surface area contributed by atoms with Crippen LogP contribution >= 0.6 is 0 Å². The average molecular weight is 298 g/mol. The van der Waals surface area contributed by atoms with E-state index in [4.69, 9.17) is 16.6 Å². The molecule has 21 heavy (non-hydrogen) atoms. The summed E-state index contributed by atoms with van der Waals surface area (Å²) in [6.07, 6.45) is -3.44. The van der Waals surface area contributed by atoms with Crippen LogP contribution in [0.2, 0.25) is 0 Å². The van der Waals surface area contributed by atoms with Crippen molar-refractivity contribution in [3.8, 4) is 5.75 Å². The Morgan fingerprint density at radius 3 is 2.29 bits per heavy atom. The number of aliphatic carboxylic acids is 1. The molecule has 0 saturated heterocycles. The number of carboxylic acid groups (broad SMARTS) is 1. The van der Waals surface area contributed by atoms with Gasteiger partial charge in [0.1, 0.15) is 11.9 Å². The molecule has 0 aromatic heterocycles. The lowest BCUT2D eigenvalue weighted by Gasteiger charge is -2.25. The van der Waals surface area contributed by atoms with Gasteiger partial charge in [0.05, 0.1) is 18.1 Å². The lowest BCUT2D eigenvalue weighted by atomic mass is 9.90. The monoisotopic (exact) mass is 298 g/mol. The number of carbonyl (C=O) groups is 2. The molecule has 4 atom stereocenters. The van der Waals surface area contributed by atoms with Crippen molar-refractivity contribution in [1.29, 1.82) is 0 Å². The largest absolute Gasteiger partial charge is 0.508 e. The standard InChI is InChI=1S/C13H18N2O6/c1-5(13(20)21)10(17)9(15)12(19)11(18)7-3-2-6(16)4-8(7)14/h2-5,9-10,12,16-17,19H,14-15H2,1H3,(H,20,21). The topological polar surface area (TPSA) is 167 Å². The van der Waals surface area contributed by atoms with Crippen molar-refractivity contribution in [2.24, 2.45) is 11.7 Å². The summed E-state index contributed by atoms with van der Waals surface area (Å²) in [5.74, 6) is -3.57. The molecule has 0 aliphatic carbocycles. The molecule has 8 heteroatoms. The highest BCUT2D eigenvalue weighted by molar-refractivity contribution is 6.04. The number of carboxylic acids is 1. The number of hydrogen-bond donors (Lipinski definition) is 6. The number of carbonyl (C=O) groups excluding carboxylic acids is 1. The zero-order chi connectivity index (χ0) is 16.3. The molecule has 0 spiro atoms. The van der Waals surface area contributed by atoms with Crippen LogP contribution in [0.25, 0.3) is 0 Å². The Hall–Kier alpha value is -2.16. The zero-order valence-corrected chi connectivity index (χ0v) is 11.3. The molecular formula is C13H18N2O6. The van der Waals surface area contributed by atoms with Crippen LogP contribution in [0.4, 0.5) is 5.69 Å².